The van der Waals surface area contributed by atoms with E-state index in [1.165, 1.54) is 12.1 Å². The highest BCUT2D eigenvalue weighted by atomic mass is 19.1. The highest BCUT2D eigenvalue weighted by Gasteiger charge is 2.14. The number of anilines is 1. The second-order valence-electron chi connectivity index (χ2n) is 5.35. The van der Waals surface area contributed by atoms with E-state index in [2.05, 4.69) is 20.5 Å². The fourth-order valence-electron chi connectivity index (χ4n) is 2.65. The van der Waals surface area contributed by atoms with Gasteiger partial charge in [-0.3, -0.25) is 10.1 Å². The number of carbonyl (C=O) groups excluding carboxylic acids is 1. The number of nitrogens with zero attached hydrogens (tertiary/aromatic N) is 4. The van der Waals surface area contributed by atoms with Gasteiger partial charge < -0.3 is 4.57 Å². The summed E-state index contributed by atoms with van der Waals surface area (Å²) < 4.78 is 15.3. The molecule has 0 bridgehead atoms. The van der Waals surface area contributed by atoms with Crippen LogP contribution in [0.4, 0.5) is 10.3 Å². The fourth-order valence-corrected chi connectivity index (χ4v) is 2.65. The summed E-state index contributed by atoms with van der Waals surface area (Å²) in [6.45, 7) is 0. The number of aromatic nitrogens is 4. The molecular weight excluding hydrogens is 309 g/mol. The first-order valence-electron chi connectivity index (χ1n) is 7.28. The number of nitrogens with one attached hydrogen (secondary N) is 1. The number of benzene rings is 2. The topological polar surface area (TPSA) is 72.7 Å². The minimum Gasteiger partial charge on any atom is -0.327 e. The molecule has 1 N–H and O–H groups in total. The maximum atomic E-state index is 13.5. The lowest BCUT2D eigenvalue weighted by Gasteiger charge is -2.03. The van der Waals surface area contributed by atoms with Crippen LogP contribution in [0, 0.1) is 5.82 Å². The third kappa shape index (κ3) is 2.26. The van der Waals surface area contributed by atoms with Crippen molar-refractivity contribution in [3.63, 3.8) is 0 Å². The summed E-state index contributed by atoms with van der Waals surface area (Å²) in [5.74, 6) is -0.567. The highest BCUT2D eigenvalue weighted by molar-refractivity contribution is 6.06. The molecule has 0 atom stereocenters. The molecule has 2 heterocycles. The Morgan fingerprint density at radius 2 is 1.92 bits per heavy atom. The zero-order valence-electron chi connectivity index (χ0n) is 12.7. The number of hydrogen-bond donors (Lipinski definition) is 1. The van der Waals surface area contributed by atoms with Crippen LogP contribution in [0.5, 0.6) is 0 Å². The van der Waals surface area contributed by atoms with Gasteiger partial charge >= 0.3 is 0 Å². The third-order valence-electron chi connectivity index (χ3n) is 3.82. The van der Waals surface area contributed by atoms with Crippen LogP contribution in [-0.2, 0) is 7.05 Å². The van der Waals surface area contributed by atoms with Crippen LogP contribution in [0.3, 0.4) is 0 Å². The van der Waals surface area contributed by atoms with E-state index in [1.54, 1.807) is 41.9 Å². The molecule has 0 aliphatic heterocycles. The van der Waals surface area contributed by atoms with Gasteiger partial charge in [0.25, 0.3) is 11.9 Å². The Balaban J connectivity index is 1.77. The molecule has 2 aromatic heterocycles. The van der Waals surface area contributed by atoms with Crippen LogP contribution in [0.2, 0.25) is 0 Å². The van der Waals surface area contributed by atoms with Crippen molar-refractivity contribution in [3.05, 3.63) is 59.9 Å². The predicted octanol–water partition coefficient (Wildman–Crippen LogP) is 2.91. The van der Waals surface area contributed by atoms with Crippen LogP contribution in [0.25, 0.3) is 22.1 Å². The van der Waals surface area contributed by atoms with Crippen LogP contribution in [0.15, 0.2) is 48.5 Å². The van der Waals surface area contributed by atoms with Crippen molar-refractivity contribution in [3.8, 4) is 0 Å². The minimum atomic E-state index is -0.349. The van der Waals surface area contributed by atoms with E-state index in [4.69, 9.17) is 0 Å². The van der Waals surface area contributed by atoms with E-state index in [9.17, 15) is 9.18 Å². The predicted molar refractivity (Wildman–Crippen MR) is 88.2 cm³/mol. The Kier molecular flexibility index (Phi) is 3.19. The van der Waals surface area contributed by atoms with E-state index >= 15 is 0 Å². The number of aryl methyl sites for hydroxylation is 1. The Hall–Kier alpha value is -3.35. The number of rotatable bonds is 2. The summed E-state index contributed by atoms with van der Waals surface area (Å²) in [6.07, 6.45) is 0. The first-order chi connectivity index (χ1) is 11.6. The zero-order chi connectivity index (χ0) is 16.7. The molecule has 0 saturated carbocycles. The normalized spacial score (nSPS) is 11.1. The second kappa shape index (κ2) is 5.38. The quantitative estimate of drug-likeness (QED) is 0.616. The van der Waals surface area contributed by atoms with Crippen molar-refractivity contribution in [2.75, 3.05) is 5.32 Å². The Morgan fingerprint density at radius 3 is 2.71 bits per heavy atom. The van der Waals surface area contributed by atoms with Gasteiger partial charge in [0.1, 0.15) is 11.3 Å². The molecule has 1 amide bonds. The van der Waals surface area contributed by atoms with Gasteiger partial charge in [0, 0.05) is 18.0 Å². The van der Waals surface area contributed by atoms with E-state index in [-0.39, 0.29) is 17.7 Å². The SMILES string of the molecule is Cn1c2ccc(F)cc2c2nnc(NC(=O)c3ccccc3)nc21. The summed E-state index contributed by atoms with van der Waals surface area (Å²) in [4.78, 5) is 16.5. The first-order valence-corrected chi connectivity index (χ1v) is 7.28. The molecule has 2 aromatic carbocycles. The molecule has 4 rings (SSSR count). The van der Waals surface area contributed by atoms with E-state index < -0.39 is 0 Å². The average molecular weight is 321 g/mol. The highest BCUT2D eigenvalue weighted by Crippen LogP contribution is 2.26. The van der Waals surface area contributed by atoms with Crippen molar-refractivity contribution < 1.29 is 9.18 Å². The molecule has 0 aliphatic carbocycles. The molecule has 0 unspecified atom stereocenters. The summed E-state index contributed by atoms with van der Waals surface area (Å²) in [7, 11) is 1.81. The molecule has 0 fully saturated rings. The van der Waals surface area contributed by atoms with E-state index in [1.807, 2.05) is 6.07 Å². The van der Waals surface area contributed by atoms with Crippen molar-refractivity contribution in [1.82, 2.24) is 19.7 Å². The summed E-state index contributed by atoms with van der Waals surface area (Å²) in [5.41, 5.74) is 2.30. The standard InChI is InChI=1S/C17H12FN5O/c1-23-13-8-7-11(18)9-12(13)14-15(23)19-17(22-21-14)20-16(24)10-5-3-2-4-6-10/h2-9H,1H3,(H,19,20,22,24). The maximum absolute atomic E-state index is 13.5. The van der Waals surface area contributed by atoms with Crippen LogP contribution < -0.4 is 5.32 Å². The second-order valence-corrected chi connectivity index (χ2v) is 5.35. The maximum Gasteiger partial charge on any atom is 0.258 e. The van der Waals surface area contributed by atoms with Gasteiger partial charge in [-0.1, -0.05) is 18.2 Å². The smallest absolute Gasteiger partial charge is 0.258 e. The van der Waals surface area contributed by atoms with Crippen LogP contribution >= 0.6 is 0 Å². The minimum absolute atomic E-state index is 0.0998. The molecule has 0 saturated heterocycles. The molecule has 24 heavy (non-hydrogen) atoms. The van der Waals surface area contributed by atoms with Crippen molar-refractivity contribution in [1.29, 1.82) is 0 Å². The monoisotopic (exact) mass is 321 g/mol. The molecule has 0 spiro atoms. The summed E-state index contributed by atoms with van der Waals surface area (Å²) in [5, 5.41) is 11.3. The number of amides is 1. The molecule has 7 heteroatoms. The van der Waals surface area contributed by atoms with Crippen LogP contribution in [-0.4, -0.2) is 25.7 Å². The van der Waals surface area contributed by atoms with Gasteiger partial charge in [0.05, 0.1) is 5.52 Å². The Morgan fingerprint density at radius 1 is 1.12 bits per heavy atom. The van der Waals surface area contributed by atoms with Gasteiger partial charge in [-0.25, -0.2) is 4.39 Å². The van der Waals surface area contributed by atoms with Crippen molar-refractivity contribution in [2.45, 2.75) is 0 Å². The first kappa shape index (κ1) is 14.3. The van der Waals surface area contributed by atoms with Crippen molar-refractivity contribution >= 4 is 33.9 Å². The van der Waals surface area contributed by atoms with Gasteiger partial charge in [0.15, 0.2) is 5.65 Å². The summed E-state index contributed by atoms with van der Waals surface area (Å²) in [6, 6.07) is 13.2. The fraction of sp³-hybridized carbons (Fsp3) is 0.0588. The molecule has 118 valence electrons. The molecule has 0 aliphatic rings. The molecule has 0 radical (unpaired) electrons. The molecule has 4 aromatic rings. The molecule has 6 nitrogen and oxygen atoms in total. The van der Waals surface area contributed by atoms with Crippen molar-refractivity contribution in [2.24, 2.45) is 7.05 Å². The lowest BCUT2D eigenvalue weighted by atomic mass is 10.2. The van der Waals surface area contributed by atoms with Gasteiger partial charge in [-0.15, -0.1) is 10.2 Å². The average Bonchev–Trinajstić information content (AvgIpc) is 2.87. The zero-order valence-corrected chi connectivity index (χ0v) is 12.7. The Bertz CT molecular complexity index is 1070. The third-order valence-corrected chi connectivity index (χ3v) is 3.82. The van der Waals surface area contributed by atoms with Crippen LogP contribution in [0.1, 0.15) is 10.4 Å². The Labute approximate surface area is 136 Å². The molecular formula is C17H12FN5O. The number of fused-ring (bicyclic) bond motifs is 3. The number of carbonyl (C=O) groups is 1. The number of hydrogen-bond acceptors (Lipinski definition) is 4. The van der Waals surface area contributed by atoms with E-state index in [0.29, 0.717) is 22.1 Å². The number of halogens is 1. The largest absolute Gasteiger partial charge is 0.327 e. The summed E-state index contributed by atoms with van der Waals surface area (Å²) >= 11 is 0. The lowest BCUT2D eigenvalue weighted by Crippen LogP contribution is -2.14. The van der Waals surface area contributed by atoms with Gasteiger partial charge in [0.2, 0.25) is 0 Å². The van der Waals surface area contributed by atoms with Gasteiger partial charge in [-0.05, 0) is 30.3 Å². The van der Waals surface area contributed by atoms with Gasteiger partial charge in [-0.2, -0.15) is 4.98 Å². The lowest BCUT2D eigenvalue weighted by molar-refractivity contribution is 0.102. The van der Waals surface area contributed by atoms with E-state index in [0.717, 1.165) is 5.52 Å².